The second-order valence-corrected chi connectivity index (χ2v) is 5.16. The first-order valence-electron chi connectivity index (χ1n) is 5.18. The highest BCUT2D eigenvalue weighted by molar-refractivity contribution is 9.10. The summed E-state index contributed by atoms with van der Waals surface area (Å²) in [5.41, 5.74) is 8.69. The minimum absolute atomic E-state index is 0. The number of hydrogen-bond acceptors (Lipinski definition) is 1. The van der Waals surface area contributed by atoms with Crippen LogP contribution in [-0.4, -0.2) is 0 Å². The van der Waals surface area contributed by atoms with Gasteiger partial charge in [-0.1, -0.05) is 40.9 Å². The molecular weight excluding hydrogens is 273 g/mol. The lowest BCUT2D eigenvalue weighted by Crippen LogP contribution is -2.11. The number of aryl methyl sites for hydroxylation is 1. The molecule has 1 atom stereocenters. The number of hydrogen-bond donors (Lipinski definition) is 1. The van der Waals surface area contributed by atoms with Gasteiger partial charge in [-0.3, -0.25) is 0 Å². The zero-order valence-electron chi connectivity index (χ0n) is 8.87. The van der Waals surface area contributed by atoms with E-state index < -0.39 is 0 Å². The second-order valence-electron chi connectivity index (χ2n) is 4.31. The van der Waals surface area contributed by atoms with Crippen LogP contribution >= 0.6 is 28.3 Å². The molecule has 1 saturated carbocycles. The molecule has 0 aliphatic heterocycles. The molecule has 1 aliphatic rings. The predicted octanol–water partition coefficient (Wildman–Crippen LogP) is 3.98. The Morgan fingerprint density at radius 1 is 1.47 bits per heavy atom. The van der Waals surface area contributed by atoms with Gasteiger partial charge in [-0.15, -0.1) is 12.4 Å². The third-order valence-electron chi connectivity index (χ3n) is 2.84. The summed E-state index contributed by atoms with van der Waals surface area (Å²) >= 11 is 3.58. The van der Waals surface area contributed by atoms with Gasteiger partial charge in [-0.25, -0.2) is 0 Å². The van der Waals surface area contributed by atoms with E-state index in [4.69, 9.17) is 5.73 Å². The first-order chi connectivity index (χ1) is 6.66. The van der Waals surface area contributed by atoms with Gasteiger partial charge in [-0.05, 0) is 36.5 Å². The molecule has 0 unspecified atom stereocenters. The van der Waals surface area contributed by atoms with Gasteiger partial charge in [0.05, 0.1) is 0 Å². The van der Waals surface area contributed by atoms with Gasteiger partial charge in [0, 0.05) is 10.5 Å². The van der Waals surface area contributed by atoms with Gasteiger partial charge in [0.25, 0.3) is 0 Å². The summed E-state index contributed by atoms with van der Waals surface area (Å²) in [6.45, 7) is 2.10. The van der Waals surface area contributed by atoms with Crippen LogP contribution in [0.1, 0.15) is 36.4 Å². The Kier molecular flexibility index (Phi) is 4.63. The summed E-state index contributed by atoms with van der Waals surface area (Å²) in [5.74, 6) is 0.887. The van der Waals surface area contributed by atoms with E-state index >= 15 is 0 Å². The van der Waals surface area contributed by atoms with Gasteiger partial charge < -0.3 is 5.73 Å². The second kappa shape index (κ2) is 5.33. The zero-order valence-corrected chi connectivity index (χ0v) is 11.3. The number of benzene rings is 1. The molecular formula is C12H17BrClN. The molecule has 3 heteroatoms. The Labute approximate surface area is 106 Å². The summed E-state index contributed by atoms with van der Waals surface area (Å²) in [7, 11) is 0. The van der Waals surface area contributed by atoms with Crippen LogP contribution in [0, 0.1) is 12.8 Å². The molecule has 0 aromatic heterocycles. The molecule has 1 aromatic rings. The van der Waals surface area contributed by atoms with E-state index in [1.54, 1.807) is 0 Å². The highest BCUT2D eigenvalue weighted by Gasteiger charge is 2.25. The van der Waals surface area contributed by atoms with Crippen molar-refractivity contribution in [3.8, 4) is 0 Å². The molecule has 0 amide bonds. The smallest absolute Gasteiger partial charge is 0.0308 e. The lowest BCUT2D eigenvalue weighted by Gasteiger charge is -2.13. The quantitative estimate of drug-likeness (QED) is 0.895. The maximum Gasteiger partial charge on any atom is 0.0308 e. The van der Waals surface area contributed by atoms with Crippen LogP contribution < -0.4 is 5.73 Å². The minimum Gasteiger partial charge on any atom is -0.324 e. The van der Waals surface area contributed by atoms with Gasteiger partial charge in [-0.2, -0.15) is 0 Å². The summed E-state index contributed by atoms with van der Waals surface area (Å²) in [4.78, 5) is 0. The van der Waals surface area contributed by atoms with Crippen LogP contribution in [0.5, 0.6) is 0 Å². The first-order valence-corrected chi connectivity index (χ1v) is 5.98. The molecule has 15 heavy (non-hydrogen) atoms. The van der Waals surface area contributed by atoms with E-state index in [9.17, 15) is 0 Å². The topological polar surface area (TPSA) is 26.0 Å². The molecule has 0 spiro atoms. The number of rotatable bonds is 3. The third-order valence-corrected chi connectivity index (χ3v) is 3.53. The van der Waals surface area contributed by atoms with Gasteiger partial charge in [0.1, 0.15) is 0 Å². The normalized spacial score (nSPS) is 17.0. The van der Waals surface area contributed by atoms with Crippen LogP contribution in [0.2, 0.25) is 0 Å². The van der Waals surface area contributed by atoms with Crippen molar-refractivity contribution in [2.75, 3.05) is 0 Å². The zero-order chi connectivity index (χ0) is 10.1. The Morgan fingerprint density at radius 3 is 2.67 bits per heavy atom. The molecule has 1 aliphatic carbocycles. The molecule has 1 aromatic carbocycles. The fourth-order valence-electron chi connectivity index (χ4n) is 1.77. The molecule has 2 rings (SSSR count). The van der Waals surface area contributed by atoms with Crippen molar-refractivity contribution in [3.05, 3.63) is 33.8 Å². The lowest BCUT2D eigenvalue weighted by atomic mass is 10.0. The van der Waals surface area contributed by atoms with Crippen molar-refractivity contribution in [1.82, 2.24) is 0 Å². The molecule has 1 fully saturated rings. The number of nitrogens with two attached hydrogens (primary N) is 1. The average molecular weight is 291 g/mol. The maximum absolute atomic E-state index is 6.16. The molecule has 2 N–H and O–H groups in total. The van der Waals surface area contributed by atoms with Crippen LogP contribution in [0.4, 0.5) is 0 Å². The van der Waals surface area contributed by atoms with Crippen molar-refractivity contribution < 1.29 is 0 Å². The van der Waals surface area contributed by atoms with E-state index in [-0.39, 0.29) is 18.4 Å². The highest BCUT2D eigenvalue weighted by atomic mass is 79.9. The lowest BCUT2D eigenvalue weighted by molar-refractivity contribution is 0.595. The van der Waals surface area contributed by atoms with Crippen LogP contribution in [-0.2, 0) is 0 Å². The van der Waals surface area contributed by atoms with E-state index in [0.717, 1.165) is 16.8 Å². The van der Waals surface area contributed by atoms with Gasteiger partial charge >= 0.3 is 0 Å². The molecule has 0 bridgehead atoms. The molecule has 0 radical (unpaired) electrons. The van der Waals surface area contributed by atoms with Gasteiger partial charge in [0.15, 0.2) is 0 Å². The van der Waals surface area contributed by atoms with E-state index in [1.165, 1.54) is 24.0 Å². The SMILES string of the molecule is Cc1ccc([C@H](N)CC2CC2)c(Br)c1.Cl. The van der Waals surface area contributed by atoms with E-state index in [1.807, 2.05) is 0 Å². The Hall–Kier alpha value is -0.0500. The van der Waals surface area contributed by atoms with Crippen molar-refractivity contribution in [3.63, 3.8) is 0 Å². The Balaban J connectivity index is 0.00000112. The molecule has 0 heterocycles. The van der Waals surface area contributed by atoms with Gasteiger partial charge in [0.2, 0.25) is 0 Å². The maximum atomic E-state index is 6.16. The average Bonchev–Trinajstić information content (AvgIpc) is 2.87. The minimum atomic E-state index is 0. The first kappa shape index (κ1) is 13.0. The highest BCUT2D eigenvalue weighted by Crippen LogP contribution is 2.38. The molecule has 84 valence electrons. The van der Waals surface area contributed by atoms with Crippen molar-refractivity contribution in [1.29, 1.82) is 0 Å². The number of halogens is 2. The third kappa shape index (κ3) is 3.47. The Morgan fingerprint density at radius 2 is 2.13 bits per heavy atom. The van der Waals surface area contributed by atoms with Crippen molar-refractivity contribution >= 4 is 28.3 Å². The largest absolute Gasteiger partial charge is 0.324 e. The standard InChI is InChI=1S/C12H16BrN.ClH/c1-8-2-5-10(11(13)6-8)12(14)7-9-3-4-9;/h2,5-6,9,12H,3-4,7,14H2,1H3;1H/t12-;/m1./s1. The summed E-state index contributed by atoms with van der Waals surface area (Å²) in [6.07, 6.45) is 3.88. The summed E-state index contributed by atoms with van der Waals surface area (Å²) in [6, 6.07) is 6.62. The summed E-state index contributed by atoms with van der Waals surface area (Å²) in [5, 5.41) is 0. The van der Waals surface area contributed by atoms with E-state index in [2.05, 4.69) is 41.1 Å². The van der Waals surface area contributed by atoms with Crippen molar-refractivity contribution in [2.45, 2.75) is 32.2 Å². The fourth-order valence-corrected chi connectivity index (χ4v) is 2.56. The van der Waals surface area contributed by atoms with Crippen LogP contribution in [0.25, 0.3) is 0 Å². The van der Waals surface area contributed by atoms with Crippen LogP contribution in [0.15, 0.2) is 22.7 Å². The fraction of sp³-hybridized carbons (Fsp3) is 0.500. The van der Waals surface area contributed by atoms with Crippen LogP contribution in [0.3, 0.4) is 0 Å². The monoisotopic (exact) mass is 289 g/mol. The summed E-state index contributed by atoms with van der Waals surface area (Å²) < 4.78 is 1.16. The van der Waals surface area contributed by atoms with E-state index in [0.29, 0.717) is 0 Å². The molecule has 0 saturated heterocycles. The molecule has 1 nitrogen and oxygen atoms in total. The van der Waals surface area contributed by atoms with Crippen molar-refractivity contribution in [2.24, 2.45) is 11.7 Å². The Bertz CT molecular complexity index is 336. The predicted molar refractivity (Wildman–Crippen MR) is 70.4 cm³/mol.